The largest absolute Gasteiger partial charge is 0.481 e. The number of aliphatic carboxylic acids is 1. The van der Waals surface area contributed by atoms with Crippen molar-refractivity contribution < 1.29 is 14.7 Å². The Kier molecular flexibility index (Phi) is 4.45. The highest BCUT2D eigenvalue weighted by atomic mass is 16.4. The number of nitrogens with two attached hydrogens (primary N) is 1. The van der Waals surface area contributed by atoms with Crippen molar-refractivity contribution in [3.63, 3.8) is 0 Å². The minimum Gasteiger partial charge on any atom is -0.481 e. The van der Waals surface area contributed by atoms with Crippen LogP contribution in [0.3, 0.4) is 0 Å². The average Bonchev–Trinajstić information content (AvgIpc) is 2.48. The monoisotopic (exact) mass is 286 g/mol. The third-order valence-corrected chi connectivity index (χ3v) is 2.91. The van der Waals surface area contributed by atoms with Gasteiger partial charge in [0.15, 0.2) is 11.5 Å². The predicted octanol–water partition coefficient (Wildman–Crippen LogP) is 0.856. The Bertz CT molecular complexity index is 646. The first kappa shape index (κ1) is 14.4. The number of carbonyl (C=O) groups excluding carboxylic acids is 1. The van der Waals surface area contributed by atoms with Crippen molar-refractivity contribution in [2.45, 2.75) is 5.92 Å². The van der Waals surface area contributed by atoms with Crippen LogP contribution in [0, 0.1) is 0 Å². The van der Waals surface area contributed by atoms with Gasteiger partial charge in [-0.2, -0.15) is 0 Å². The summed E-state index contributed by atoms with van der Waals surface area (Å²) in [5.41, 5.74) is 5.83. The molecule has 1 aromatic carbocycles. The molecule has 0 fully saturated rings. The van der Waals surface area contributed by atoms with E-state index in [-0.39, 0.29) is 18.1 Å². The second-order valence-electron chi connectivity index (χ2n) is 4.30. The Labute approximate surface area is 120 Å². The van der Waals surface area contributed by atoms with E-state index in [9.17, 15) is 14.7 Å². The molecule has 0 saturated heterocycles. The van der Waals surface area contributed by atoms with Crippen molar-refractivity contribution >= 4 is 17.7 Å². The van der Waals surface area contributed by atoms with Gasteiger partial charge in [-0.3, -0.25) is 9.59 Å². The minimum atomic E-state index is -0.974. The molecule has 2 aromatic rings. The number of primary amides is 1. The van der Waals surface area contributed by atoms with E-state index in [1.54, 1.807) is 24.3 Å². The first-order valence-corrected chi connectivity index (χ1v) is 6.22. The zero-order chi connectivity index (χ0) is 15.2. The van der Waals surface area contributed by atoms with Crippen molar-refractivity contribution in [2.75, 3.05) is 11.9 Å². The van der Waals surface area contributed by atoms with Crippen molar-refractivity contribution in [3.8, 4) is 0 Å². The van der Waals surface area contributed by atoms with Crippen molar-refractivity contribution in [3.05, 3.63) is 54.0 Å². The molecule has 0 radical (unpaired) electrons. The second kappa shape index (κ2) is 6.47. The first-order valence-electron chi connectivity index (χ1n) is 6.22. The van der Waals surface area contributed by atoms with Crippen LogP contribution in [0.2, 0.25) is 0 Å². The van der Waals surface area contributed by atoms with E-state index < -0.39 is 17.8 Å². The molecule has 1 amide bonds. The molecule has 4 N–H and O–H groups in total. The topological polar surface area (TPSA) is 118 Å². The van der Waals surface area contributed by atoms with Crippen LogP contribution in [0.15, 0.2) is 42.7 Å². The van der Waals surface area contributed by atoms with E-state index in [1.807, 2.05) is 6.07 Å². The lowest BCUT2D eigenvalue weighted by atomic mass is 9.99. The van der Waals surface area contributed by atoms with Crippen molar-refractivity contribution in [1.29, 1.82) is 0 Å². The molecule has 1 atom stereocenters. The van der Waals surface area contributed by atoms with Gasteiger partial charge in [0.2, 0.25) is 0 Å². The fourth-order valence-corrected chi connectivity index (χ4v) is 1.88. The molecule has 2 rings (SSSR count). The highest BCUT2D eigenvalue weighted by Crippen LogP contribution is 2.17. The third kappa shape index (κ3) is 3.53. The molecule has 1 unspecified atom stereocenters. The maximum Gasteiger partial charge on any atom is 0.312 e. The summed E-state index contributed by atoms with van der Waals surface area (Å²) in [5.74, 6) is -2.29. The van der Waals surface area contributed by atoms with Gasteiger partial charge >= 0.3 is 5.97 Å². The summed E-state index contributed by atoms with van der Waals surface area (Å²) >= 11 is 0. The van der Waals surface area contributed by atoms with Gasteiger partial charge in [0.05, 0.1) is 5.92 Å². The number of anilines is 1. The van der Waals surface area contributed by atoms with Crippen LogP contribution < -0.4 is 11.1 Å². The van der Waals surface area contributed by atoms with Crippen molar-refractivity contribution in [2.24, 2.45) is 5.73 Å². The van der Waals surface area contributed by atoms with E-state index in [1.165, 1.54) is 12.4 Å². The van der Waals surface area contributed by atoms with Crippen molar-refractivity contribution in [1.82, 2.24) is 9.97 Å². The molecule has 0 bridgehead atoms. The summed E-state index contributed by atoms with van der Waals surface area (Å²) in [6.45, 7) is 0.0678. The molecule has 0 spiro atoms. The second-order valence-corrected chi connectivity index (χ2v) is 4.30. The summed E-state index contributed by atoms with van der Waals surface area (Å²) in [5, 5.41) is 12.1. The standard InChI is InChI=1S/C14H14N4O3/c15-12(19)11-13(17-7-6-16-11)18-8-10(14(20)21)9-4-2-1-3-5-9/h1-7,10H,8H2,(H2,15,19)(H,17,18)(H,20,21). The minimum absolute atomic E-state index is 0.0188. The molecule has 7 nitrogen and oxygen atoms in total. The van der Waals surface area contributed by atoms with E-state index in [4.69, 9.17) is 5.73 Å². The molecule has 108 valence electrons. The molecule has 1 aromatic heterocycles. The number of aromatic nitrogens is 2. The first-order chi connectivity index (χ1) is 10.1. The van der Waals surface area contributed by atoms with Crippen LogP contribution in [-0.2, 0) is 4.79 Å². The predicted molar refractivity (Wildman–Crippen MR) is 75.9 cm³/mol. The Balaban J connectivity index is 2.17. The number of hydrogen-bond donors (Lipinski definition) is 3. The Morgan fingerprint density at radius 3 is 2.48 bits per heavy atom. The van der Waals surface area contributed by atoms with Crippen LogP contribution in [0.4, 0.5) is 5.82 Å². The number of benzene rings is 1. The molecular weight excluding hydrogens is 272 g/mol. The van der Waals surface area contributed by atoms with Gasteiger partial charge in [0.25, 0.3) is 5.91 Å². The maximum atomic E-state index is 11.4. The summed E-state index contributed by atoms with van der Waals surface area (Å²) in [4.78, 5) is 30.4. The third-order valence-electron chi connectivity index (χ3n) is 2.91. The molecule has 0 saturated carbocycles. The van der Waals surface area contributed by atoms with Crippen LogP contribution in [0.25, 0.3) is 0 Å². The summed E-state index contributed by atoms with van der Waals surface area (Å²) in [6, 6.07) is 8.80. The van der Waals surface area contributed by atoms with E-state index >= 15 is 0 Å². The number of carbonyl (C=O) groups is 2. The Morgan fingerprint density at radius 1 is 1.19 bits per heavy atom. The van der Waals surface area contributed by atoms with Crippen LogP contribution in [0.5, 0.6) is 0 Å². The average molecular weight is 286 g/mol. The number of nitrogens with one attached hydrogen (secondary N) is 1. The number of rotatable bonds is 6. The van der Waals surface area contributed by atoms with Crippen LogP contribution >= 0.6 is 0 Å². The highest BCUT2D eigenvalue weighted by Gasteiger charge is 2.20. The van der Waals surface area contributed by atoms with Gasteiger partial charge in [0, 0.05) is 18.9 Å². The lowest BCUT2D eigenvalue weighted by Gasteiger charge is -2.14. The zero-order valence-electron chi connectivity index (χ0n) is 11.1. The summed E-state index contributed by atoms with van der Waals surface area (Å²) in [7, 11) is 0. The molecule has 0 aliphatic rings. The number of carboxylic acid groups (broad SMARTS) is 1. The molecule has 0 aliphatic carbocycles. The van der Waals surface area contributed by atoms with Gasteiger partial charge in [-0.1, -0.05) is 30.3 Å². The van der Waals surface area contributed by atoms with Gasteiger partial charge in [-0.25, -0.2) is 9.97 Å². The number of carboxylic acids is 1. The fraction of sp³-hybridized carbons (Fsp3) is 0.143. The Morgan fingerprint density at radius 2 is 1.86 bits per heavy atom. The quantitative estimate of drug-likeness (QED) is 0.724. The molecule has 0 aliphatic heterocycles. The lowest BCUT2D eigenvalue weighted by molar-refractivity contribution is -0.138. The maximum absolute atomic E-state index is 11.4. The van der Waals surface area contributed by atoms with E-state index in [0.29, 0.717) is 5.56 Å². The lowest BCUT2D eigenvalue weighted by Crippen LogP contribution is -2.23. The number of amides is 1. The summed E-state index contributed by atoms with van der Waals surface area (Å²) in [6.07, 6.45) is 2.74. The normalized spacial score (nSPS) is 11.6. The Hall–Kier alpha value is -2.96. The zero-order valence-corrected chi connectivity index (χ0v) is 11.1. The highest BCUT2D eigenvalue weighted by molar-refractivity contribution is 5.95. The van der Waals surface area contributed by atoms with Gasteiger partial charge < -0.3 is 16.2 Å². The molecule has 7 heteroatoms. The molecule has 1 heterocycles. The van der Waals surface area contributed by atoms with Crippen LogP contribution in [-0.4, -0.2) is 33.5 Å². The van der Waals surface area contributed by atoms with E-state index in [2.05, 4.69) is 15.3 Å². The number of nitrogens with zero attached hydrogens (tertiary/aromatic N) is 2. The summed E-state index contributed by atoms with van der Waals surface area (Å²) < 4.78 is 0. The van der Waals surface area contributed by atoms with E-state index in [0.717, 1.165) is 0 Å². The smallest absolute Gasteiger partial charge is 0.312 e. The molecular formula is C14H14N4O3. The van der Waals surface area contributed by atoms with Crippen LogP contribution in [0.1, 0.15) is 22.0 Å². The van der Waals surface area contributed by atoms with Gasteiger partial charge in [0.1, 0.15) is 0 Å². The fourth-order valence-electron chi connectivity index (χ4n) is 1.88. The SMILES string of the molecule is NC(=O)c1nccnc1NCC(C(=O)O)c1ccccc1. The van der Waals surface area contributed by atoms with Gasteiger partial charge in [-0.15, -0.1) is 0 Å². The van der Waals surface area contributed by atoms with Gasteiger partial charge in [-0.05, 0) is 5.56 Å². The number of hydrogen-bond acceptors (Lipinski definition) is 5. The molecule has 21 heavy (non-hydrogen) atoms.